The second-order valence-corrected chi connectivity index (χ2v) is 9.63. The van der Waals surface area contributed by atoms with Crippen LogP contribution in [0.2, 0.25) is 0 Å². The Labute approximate surface area is 237 Å². The fraction of sp³-hybridized carbons (Fsp3) is 0.241. The molecule has 11 heteroatoms. The van der Waals surface area contributed by atoms with Crippen LogP contribution in [0.5, 0.6) is 17.2 Å². The summed E-state index contributed by atoms with van der Waals surface area (Å²) < 4.78 is 12.7. The molecule has 2 N–H and O–H groups in total. The summed E-state index contributed by atoms with van der Waals surface area (Å²) >= 11 is 1.23. The predicted molar refractivity (Wildman–Crippen MR) is 154 cm³/mol. The Balaban J connectivity index is 1.48. The number of hydrazone groups is 1. The molecule has 0 saturated heterocycles. The first-order valence-electron chi connectivity index (χ1n) is 12.8. The van der Waals surface area contributed by atoms with Gasteiger partial charge in [0.2, 0.25) is 0 Å². The largest absolute Gasteiger partial charge is 0.872 e. The van der Waals surface area contributed by atoms with Crippen molar-refractivity contribution in [1.82, 2.24) is 20.2 Å². The van der Waals surface area contributed by atoms with Crippen LogP contribution in [0.3, 0.4) is 0 Å². The molecule has 208 valence electrons. The standard InChI is InChI=1S/C29H32N6O4S/c1-5-34(6-2)23-14-12-21(24(36)17-23)18-30-31-27(37)19-40-29-33-32-28(35(29)22-10-8-7-9-11-22)20-13-15-25(38-3)26(16-20)39-4/h7-18,36H,5-6,19H2,1-4H3,(H,31,37). The molecule has 0 bridgehead atoms. The maximum Gasteiger partial charge on any atom is 0.250 e. The van der Waals surface area contributed by atoms with Gasteiger partial charge in [0.25, 0.3) is 5.91 Å². The van der Waals surface area contributed by atoms with E-state index in [1.165, 1.54) is 22.9 Å². The van der Waals surface area contributed by atoms with Gasteiger partial charge in [-0.15, -0.1) is 10.2 Å². The molecule has 0 fully saturated rings. The van der Waals surface area contributed by atoms with E-state index in [1.807, 2.05) is 59.2 Å². The molecule has 1 amide bonds. The molecule has 0 aliphatic heterocycles. The van der Waals surface area contributed by atoms with Crippen LogP contribution in [0.25, 0.3) is 17.1 Å². The van der Waals surface area contributed by atoms with Crippen LogP contribution in [0.1, 0.15) is 19.4 Å². The number of nitrogens with one attached hydrogen (secondary N) is 2. The van der Waals surface area contributed by atoms with E-state index in [4.69, 9.17) is 9.47 Å². The first-order chi connectivity index (χ1) is 19.5. The Morgan fingerprint density at radius 3 is 2.45 bits per heavy atom. The summed E-state index contributed by atoms with van der Waals surface area (Å²) in [6.07, 6.45) is 1.37. The zero-order valence-corrected chi connectivity index (χ0v) is 23.7. The quantitative estimate of drug-likeness (QED) is 0.155. The number of methoxy groups -OCH3 is 2. The summed E-state index contributed by atoms with van der Waals surface area (Å²) in [7, 11) is 3.16. The van der Waals surface area contributed by atoms with Crippen molar-refractivity contribution < 1.29 is 24.3 Å². The summed E-state index contributed by atoms with van der Waals surface area (Å²) in [5.74, 6) is 1.33. The zero-order valence-electron chi connectivity index (χ0n) is 22.9. The first kappa shape index (κ1) is 28.7. The highest BCUT2D eigenvalue weighted by Gasteiger charge is 2.19. The summed E-state index contributed by atoms with van der Waals surface area (Å²) in [5.41, 5.74) is 5.47. The monoisotopic (exact) mass is 560 g/mol. The van der Waals surface area contributed by atoms with E-state index in [2.05, 4.69) is 34.6 Å². The number of aromatic nitrogens is 3. The second kappa shape index (κ2) is 13.6. The van der Waals surface area contributed by atoms with Gasteiger partial charge in [0.1, 0.15) is 5.69 Å². The lowest BCUT2D eigenvalue weighted by Gasteiger charge is -2.18. The second-order valence-electron chi connectivity index (χ2n) is 8.69. The number of carbonyl (C=O) groups is 1. The Hall–Kier alpha value is -4.35. The number of para-hydroxylation sites is 1. The van der Waals surface area contributed by atoms with Gasteiger partial charge in [-0.05, 0) is 67.9 Å². The van der Waals surface area contributed by atoms with Gasteiger partial charge in [-0.1, -0.05) is 35.7 Å². The average Bonchev–Trinajstić information content (AvgIpc) is 3.42. The van der Waals surface area contributed by atoms with Crippen molar-refractivity contribution in [2.24, 2.45) is 5.10 Å². The van der Waals surface area contributed by atoms with Crippen molar-refractivity contribution in [3.05, 3.63) is 72.3 Å². The van der Waals surface area contributed by atoms with Crippen LogP contribution >= 0.6 is 11.8 Å². The van der Waals surface area contributed by atoms with E-state index in [0.29, 0.717) is 28.0 Å². The SMILES string of the molecule is CC[NH+](CC)c1ccc(C=NNC(=O)CSc2nnc(-c3ccc(OC)c(OC)c3)n2-c2ccccc2)c([O-])c1. The van der Waals surface area contributed by atoms with Crippen molar-refractivity contribution >= 4 is 29.6 Å². The highest BCUT2D eigenvalue weighted by atomic mass is 32.2. The highest BCUT2D eigenvalue weighted by molar-refractivity contribution is 7.99. The average molecular weight is 561 g/mol. The molecule has 0 saturated carbocycles. The van der Waals surface area contributed by atoms with Crippen LogP contribution in [0.15, 0.2) is 77.0 Å². The van der Waals surface area contributed by atoms with Gasteiger partial charge in [0, 0.05) is 11.3 Å². The molecule has 0 aliphatic rings. The number of amides is 1. The van der Waals surface area contributed by atoms with Crippen LogP contribution in [0.4, 0.5) is 5.69 Å². The molecule has 10 nitrogen and oxygen atoms in total. The van der Waals surface area contributed by atoms with Crippen LogP contribution in [-0.4, -0.2) is 59.9 Å². The number of hydrogen-bond donors (Lipinski definition) is 2. The molecule has 3 aromatic carbocycles. The zero-order chi connectivity index (χ0) is 28.5. The molecular formula is C29H32N6O4S. The van der Waals surface area contributed by atoms with Gasteiger partial charge in [0.05, 0.1) is 39.3 Å². The molecule has 0 spiro atoms. The molecule has 0 aliphatic carbocycles. The van der Waals surface area contributed by atoms with Crippen molar-refractivity contribution in [3.8, 4) is 34.3 Å². The summed E-state index contributed by atoms with van der Waals surface area (Å²) in [5, 5.41) is 25.8. The number of nitrogens with zero attached hydrogens (tertiary/aromatic N) is 4. The molecule has 1 heterocycles. The summed E-state index contributed by atoms with van der Waals surface area (Å²) in [6.45, 7) is 5.94. The maximum atomic E-state index is 12.6. The number of quaternary nitrogens is 1. The van der Waals surface area contributed by atoms with Gasteiger partial charge in [0.15, 0.2) is 22.5 Å². The van der Waals surface area contributed by atoms with E-state index < -0.39 is 0 Å². The predicted octanol–water partition coefficient (Wildman–Crippen LogP) is 2.82. The first-order valence-corrected chi connectivity index (χ1v) is 13.8. The molecule has 40 heavy (non-hydrogen) atoms. The smallest absolute Gasteiger partial charge is 0.250 e. The number of rotatable bonds is 12. The molecule has 4 aromatic rings. The number of carbonyl (C=O) groups excluding carboxylic acids is 1. The van der Waals surface area contributed by atoms with Crippen molar-refractivity contribution in [2.45, 2.75) is 19.0 Å². The van der Waals surface area contributed by atoms with E-state index in [-0.39, 0.29) is 17.4 Å². The fourth-order valence-electron chi connectivity index (χ4n) is 4.19. The Kier molecular flexibility index (Phi) is 9.76. The third-order valence-corrected chi connectivity index (χ3v) is 7.22. The minimum atomic E-state index is -0.340. The number of ether oxygens (including phenoxy) is 2. The number of thioether (sulfide) groups is 1. The third kappa shape index (κ3) is 6.61. The van der Waals surface area contributed by atoms with Crippen molar-refractivity contribution in [3.63, 3.8) is 0 Å². The molecule has 0 atom stereocenters. The minimum absolute atomic E-state index is 0.0444. The number of hydrogen-bond acceptors (Lipinski definition) is 8. The fourth-order valence-corrected chi connectivity index (χ4v) is 4.94. The Morgan fingerprint density at radius 2 is 1.77 bits per heavy atom. The van der Waals surface area contributed by atoms with Crippen LogP contribution in [0, 0.1) is 0 Å². The van der Waals surface area contributed by atoms with E-state index in [9.17, 15) is 9.90 Å². The molecule has 0 radical (unpaired) electrons. The molecular weight excluding hydrogens is 528 g/mol. The van der Waals surface area contributed by atoms with E-state index in [1.54, 1.807) is 26.4 Å². The van der Waals surface area contributed by atoms with Crippen LogP contribution < -0.4 is 24.9 Å². The minimum Gasteiger partial charge on any atom is -0.872 e. The van der Waals surface area contributed by atoms with Gasteiger partial charge in [-0.3, -0.25) is 9.36 Å². The lowest BCUT2D eigenvalue weighted by Crippen LogP contribution is -3.06. The summed E-state index contributed by atoms with van der Waals surface area (Å²) in [6, 6.07) is 20.4. The van der Waals surface area contributed by atoms with Crippen molar-refractivity contribution in [2.75, 3.05) is 33.1 Å². The van der Waals surface area contributed by atoms with Gasteiger partial charge >= 0.3 is 0 Å². The van der Waals surface area contributed by atoms with E-state index in [0.717, 1.165) is 30.0 Å². The Morgan fingerprint density at radius 1 is 1.02 bits per heavy atom. The highest BCUT2D eigenvalue weighted by Crippen LogP contribution is 2.34. The molecule has 1 aromatic heterocycles. The number of benzene rings is 3. The van der Waals surface area contributed by atoms with E-state index >= 15 is 0 Å². The van der Waals surface area contributed by atoms with Gasteiger partial charge in [-0.25, -0.2) is 5.43 Å². The molecule has 0 unspecified atom stereocenters. The topological polar surface area (TPSA) is 118 Å². The Bertz CT molecular complexity index is 1470. The lowest BCUT2D eigenvalue weighted by atomic mass is 10.2. The normalized spacial score (nSPS) is 11.2. The van der Waals surface area contributed by atoms with Crippen molar-refractivity contribution in [1.29, 1.82) is 0 Å². The molecule has 4 rings (SSSR count). The van der Waals surface area contributed by atoms with Crippen LogP contribution in [-0.2, 0) is 4.79 Å². The lowest BCUT2D eigenvalue weighted by molar-refractivity contribution is -0.828. The summed E-state index contributed by atoms with van der Waals surface area (Å²) in [4.78, 5) is 13.8. The van der Waals surface area contributed by atoms with Gasteiger partial charge < -0.3 is 19.5 Å². The van der Waals surface area contributed by atoms with Gasteiger partial charge in [-0.2, -0.15) is 5.10 Å². The third-order valence-electron chi connectivity index (χ3n) is 6.29. The maximum absolute atomic E-state index is 12.6.